The molecular weight excluding hydrogens is 260 g/mol. The van der Waals surface area contributed by atoms with E-state index in [1.54, 1.807) is 0 Å². The lowest BCUT2D eigenvalue weighted by atomic mass is 9.96. The van der Waals surface area contributed by atoms with Crippen LogP contribution in [0.15, 0.2) is 0 Å². The zero-order valence-corrected chi connectivity index (χ0v) is 15.4. The normalized spacial score (nSPS) is 16.4. The first kappa shape index (κ1) is 20.4. The summed E-state index contributed by atoms with van der Waals surface area (Å²) in [5, 5.41) is 0. The Bertz CT molecular complexity index is 263. The Balaban J connectivity index is 0.00000191. The molecule has 0 aromatic heterocycles. The molecule has 1 aliphatic heterocycles. The van der Waals surface area contributed by atoms with Gasteiger partial charge in [0.15, 0.2) is 0 Å². The maximum Gasteiger partial charge on any atom is 0.222 e. The van der Waals surface area contributed by atoms with Crippen LogP contribution >= 0.6 is 0 Å². The Morgan fingerprint density at radius 1 is 0.952 bits per heavy atom. The molecule has 1 fully saturated rings. The Morgan fingerprint density at radius 3 is 2.00 bits per heavy atom. The van der Waals surface area contributed by atoms with Crippen LogP contribution in [0.4, 0.5) is 0 Å². The summed E-state index contributed by atoms with van der Waals surface area (Å²) in [7, 11) is 0. The highest BCUT2D eigenvalue weighted by molar-refractivity contribution is 5.76. The molecular formula is C18H38N2O. The van der Waals surface area contributed by atoms with Gasteiger partial charge in [-0.15, -0.1) is 0 Å². The summed E-state index contributed by atoms with van der Waals surface area (Å²) in [4.78, 5) is 16.6. The average molecular weight is 299 g/mol. The standard InChI is InChI=1S/C16H32N2O.C2H6/c1-5-6-7-8-9-15(19)18-12-10-17(11-13-18)14-16(2,3)4;1-2/h5-14H2,1-4H3;1-2H3. The summed E-state index contributed by atoms with van der Waals surface area (Å²) >= 11 is 0. The number of nitrogens with zero attached hydrogens (tertiary/aromatic N) is 2. The fraction of sp³-hybridized carbons (Fsp3) is 0.944. The average Bonchev–Trinajstić information content (AvgIpc) is 2.44. The van der Waals surface area contributed by atoms with E-state index in [0.717, 1.165) is 45.6 Å². The zero-order chi connectivity index (χ0) is 16.3. The second kappa shape index (κ2) is 11.1. The van der Waals surface area contributed by atoms with Gasteiger partial charge in [0.1, 0.15) is 0 Å². The summed E-state index contributed by atoms with van der Waals surface area (Å²) in [6.45, 7) is 18.1. The minimum atomic E-state index is 0.354. The number of amides is 1. The van der Waals surface area contributed by atoms with Crippen LogP contribution in [0.5, 0.6) is 0 Å². The Hall–Kier alpha value is -0.570. The minimum Gasteiger partial charge on any atom is -0.340 e. The van der Waals surface area contributed by atoms with Crippen molar-refractivity contribution in [2.24, 2.45) is 5.41 Å². The molecule has 3 nitrogen and oxygen atoms in total. The van der Waals surface area contributed by atoms with E-state index in [0.29, 0.717) is 11.3 Å². The third kappa shape index (κ3) is 9.89. The maximum atomic E-state index is 12.1. The highest BCUT2D eigenvalue weighted by Crippen LogP contribution is 2.17. The molecule has 1 rings (SSSR count). The molecule has 0 aliphatic carbocycles. The third-order valence-corrected chi connectivity index (χ3v) is 3.67. The molecule has 0 aromatic carbocycles. The monoisotopic (exact) mass is 298 g/mol. The number of piperazine rings is 1. The molecule has 1 amide bonds. The molecule has 21 heavy (non-hydrogen) atoms. The fourth-order valence-electron chi connectivity index (χ4n) is 2.69. The Labute approximate surface area is 133 Å². The second-order valence-electron chi connectivity index (χ2n) is 7.03. The van der Waals surface area contributed by atoms with Crippen LogP contribution in [-0.4, -0.2) is 48.4 Å². The van der Waals surface area contributed by atoms with Crippen molar-refractivity contribution in [3.05, 3.63) is 0 Å². The van der Waals surface area contributed by atoms with Crippen molar-refractivity contribution in [1.82, 2.24) is 9.80 Å². The number of unbranched alkanes of at least 4 members (excludes halogenated alkanes) is 3. The molecule has 0 aromatic rings. The van der Waals surface area contributed by atoms with Crippen molar-refractivity contribution >= 4 is 5.91 Å². The van der Waals surface area contributed by atoms with Crippen molar-refractivity contribution in [1.29, 1.82) is 0 Å². The van der Waals surface area contributed by atoms with E-state index in [2.05, 4.69) is 37.5 Å². The van der Waals surface area contributed by atoms with Gasteiger partial charge in [-0.25, -0.2) is 0 Å². The predicted octanol–water partition coefficient (Wildman–Crippen LogP) is 4.17. The first-order valence-electron chi connectivity index (χ1n) is 8.92. The van der Waals surface area contributed by atoms with Gasteiger partial charge in [-0.1, -0.05) is 60.8 Å². The van der Waals surface area contributed by atoms with Crippen LogP contribution in [0, 0.1) is 5.41 Å². The first-order chi connectivity index (χ1) is 9.92. The molecule has 0 N–H and O–H groups in total. The van der Waals surface area contributed by atoms with E-state index in [-0.39, 0.29) is 0 Å². The zero-order valence-electron chi connectivity index (χ0n) is 15.4. The number of hydrogen-bond donors (Lipinski definition) is 0. The summed E-state index contributed by atoms with van der Waals surface area (Å²) < 4.78 is 0. The van der Waals surface area contributed by atoms with Gasteiger partial charge in [0, 0.05) is 39.1 Å². The smallest absolute Gasteiger partial charge is 0.222 e. The largest absolute Gasteiger partial charge is 0.340 e. The van der Waals surface area contributed by atoms with Gasteiger partial charge < -0.3 is 4.90 Å². The lowest BCUT2D eigenvalue weighted by Gasteiger charge is -2.37. The lowest BCUT2D eigenvalue weighted by molar-refractivity contribution is -0.133. The van der Waals surface area contributed by atoms with Crippen molar-refractivity contribution in [3.63, 3.8) is 0 Å². The van der Waals surface area contributed by atoms with Gasteiger partial charge in [0.05, 0.1) is 0 Å². The van der Waals surface area contributed by atoms with E-state index in [1.165, 1.54) is 19.3 Å². The summed E-state index contributed by atoms with van der Waals surface area (Å²) in [6.07, 6.45) is 5.51. The van der Waals surface area contributed by atoms with E-state index in [9.17, 15) is 4.79 Å². The Kier molecular flexibility index (Phi) is 10.8. The lowest BCUT2D eigenvalue weighted by Crippen LogP contribution is -2.50. The molecule has 0 spiro atoms. The third-order valence-electron chi connectivity index (χ3n) is 3.67. The summed E-state index contributed by atoms with van der Waals surface area (Å²) in [5.74, 6) is 0.367. The van der Waals surface area contributed by atoms with Crippen LogP contribution in [-0.2, 0) is 4.79 Å². The molecule has 0 radical (unpaired) electrons. The highest BCUT2D eigenvalue weighted by atomic mass is 16.2. The highest BCUT2D eigenvalue weighted by Gasteiger charge is 2.23. The summed E-state index contributed by atoms with van der Waals surface area (Å²) in [6, 6.07) is 0. The molecule has 1 saturated heterocycles. The molecule has 126 valence electrons. The predicted molar refractivity (Wildman–Crippen MR) is 92.6 cm³/mol. The van der Waals surface area contributed by atoms with Crippen molar-refractivity contribution in [2.45, 2.75) is 73.6 Å². The van der Waals surface area contributed by atoms with E-state index in [1.807, 2.05) is 13.8 Å². The second-order valence-corrected chi connectivity index (χ2v) is 7.03. The summed E-state index contributed by atoms with van der Waals surface area (Å²) in [5.41, 5.74) is 0.354. The molecule has 0 bridgehead atoms. The Morgan fingerprint density at radius 2 is 1.52 bits per heavy atom. The van der Waals surface area contributed by atoms with Crippen LogP contribution in [0.25, 0.3) is 0 Å². The molecule has 0 unspecified atom stereocenters. The quantitative estimate of drug-likeness (QED) is 0.687. The minimum absolute atomic E-state index is 0.354. The van der Waals surface area contributed by atoms with Gasteiger partial charge in [0.2, 0.25) is 5.91 Å². The van der Waals surface area contributed by atoms with Crippen LogP contribution in [0.2, 0.25) is 0 Å². The van der Waals surface area contributed by atoms with Crippen molar-refractivity contribution < 1.29 is 4.79 Å². The molecule has 0 saturated carbocycles. The van der Waals surface area contributed by atoms with Gasteiger partial charge >= 0.3 is 0 Å². The topological polar surface area (TPSA) is 23.6 Å². The molecule has 0 atom stereocenters. The van der Waals surface area contributed by atoms with Gasteiger partial charge in [-0.2, -0.15) is 0 Å². The van der Waals surface area contributed by atoms with Gasteiger partial charge in [-0.05, 0) is 11.8 Å². The van der Waals surface area contributed by atoms with Crippen molar-refractivity contribution in [3.8, 4) is 0 Å². The van der Waals surface area contributed by atoms with Crippen molar-refractivity contribution in [2.75, 3.05) is 32.7 Å². The molecule has 3 heteroatoms. The van der Waals surface area contributed by atoms with Gasteiger partial charge in [-0.3, -0.25) is 9.69 Å². The van der Waals surface area contributed by atoms with E-state index >= 15 is 0 Å². The number of hydrogen-bond acceptors (Lipinski definition) is 2. The number of carbonyl (C=O) groups is 1. The van der Waals surface area contributed by atoms with Crippen LogP contribution < -0.4 is 0 Å². The van der Waals surface area contributed by atoms with Crippen LogP contribution in [0.1, 0.15) is 73.6 Å². The first-order valence-corrected chi connectivity index (χ1v) is 8.92. The van der Waals surface area contributed by atoms with E-state index < -0.39 is 0 Å². The number of rotatable bonds is 6. The number of carbonyl (C=O) groups excluding carboxylic acids is 1. The van der Waals surface area contributed by atoms with E-state index in [4.69, 9.17) is 0 Å². The van der Waals surface area contributed by atoms with Gasteiger partial charge in [0.25, 0.3) is 0 Å². The fourth-order valence-corrected chi connectivity index (χ4v) is 2.69. The maximum absolute atomic E-state index is 12.1. The van der Waals surface area contributed by atoms with Crippen LogP contribution in [0.3, 0.4) is 0 Å². The molecule has 1 heterocycles. The SMILES string of the molecule is CC.CCCCCCC(=O)N1CCN(CC(C)(C)C)CC1. The molecule has 1 aliphatic rings.